The number of carbonyl (C=O) groups excluding carboxylic acids is 1. The van der Waals surface area contributed by atoms with Crippen LogP contribution in [0.1, 0.15) is 15.9 Å². The highest BCUT2D eigenvalue weighted by atomic mass is 19.1. The molecule has 0 amide bonds. The average Bonchev–Trinajstić information content (AvgIpc) is 2.82. The second-order valence-electron chi connectivity index (χ2n) is 7.29. The molecule has 1 heterocycles. The van der Waals surface area contributed by atoms with E-state index < -0.39 is 5.97 Å². The van der Waals surface area contributed by atoms with Gasteiger partial charge in [0.1, 0.15) is 12.4 Å². The molecule has 0 bridgehead atoms. The molecule has 31 heavy (non-hydrogen) atoms. The van der Waals surface area contributed by atoms with Crippen molar-refractivity contribution in [1.29, 1.82) is 0 Å². The molecule has 0 saturated heterocycles. The summed E-state index contributed by atoms with van der Waals surface area (Å²) in [4.78, 5) is 17.7. The Morgan fingerprint density at radius 2 is 1.52 bits per heavy atom. The Bertz CT molecular complexity index is 1410. The van der Waals surface area contributed by atoms with Crippen LogP contribution >= 0.6 is 0 Å². The number of halogens is 1. The molecule has 0 fully saturated rings. The van der Waals surface area contributed by atoms with Gasteiger partial charge in [-0.05, 0) is 52.7 Å². The van der Waals surface area contributed by atoms with Gasteiger partial charge in [-0.25, -0.2) is 14.2 Å². The summed E-state index contributed by atoms with van der Waals surface area (Å²) in [7, 11) is 0. The number of aromatic nitrogens is 1. The normalized spacial score (nSPS) is 11.0. The van der Waals surface area contributed by atoms with Gasteiger partial charge in [0.2, 0.25) is 0 Å². The lowest BCUT2D eigenvalue weighted by molar-refractivity contribution is 0.0476. The van der Waals surface area contributed by atoms with E-state index in [0.717, 1.165) is 27.3 Å². The number of benzene rings is 4. The van der Waals surface area contributed by atoms with E-state index in [9.17, 15) is 9.18 Å². The van der Waals surface area contributed by atoms with Gasteiger partial charge >= 0.3 is 5.97 Å². The molecule has 0 spiro atoms. The standard InChI is InChI=1S/C27H18FNO2/c28-21-14-12-19(13-15-21)26-16-24(23-10-3-4-11-25(23)29-26)27(30)31-17-20-8-5-7-18-6-1-2-9-22(18)20/h1-16H,17H2. The number of pyridine rings is 1. The van der Waals surface area contributed by atoms with E-state index >= 15 is 0 Å². The fraction of sp³-hybridized carbons (Fsp3) is 0.0370. The van der Waals surface area contributed by atoms with E-state index in [4.69, 9.17) is 4.74 Å². The maximum Gasteiger partial charge on any atom is 0.339 e. The summed E-state index contributed by atoms with van der Waals surface area (Å²) < 4.78 is 19.1. The van der Waals surface area contributed by atoms with Gasteiger partial charge in [-0.15, -0.1) is 0 Å². The average molecular weight is 407 g/mol. The molecule has 0 unspecified atom stereocenters. The third-order valence-corrected chi connectivity index (χ3v) is 5.31. The minimum Gasteiger partial charge on any atom is -0.457 e. The predicted molar refractivity (Wildman–Crippen MR) is 120 cm³/mol. The first-order chi connectivity index (χ1) is 15.2. The molecule has 5 aromatic rings. The molecule has 150 valence electrons. The van der Waals surface area contributed by atoms with Crippen molar-refractivity contribution in [2.24, 2.45) is 0 Å². The second kappa shape index (κ2) is 8.00. The molecule has 0 atom stereocenters. The number of fused-ring (bicyclic) bond motifs is 2. The lowest BCUT2D eigenvalue weighted by Gasteiger charge is -2.11. The van der Waals surface area contributed by atoms with Crippen LogP contribution in [0.5, 0.6) is 0 Å². The van der Waals surface area contributed by atoms with Crippen molar-refractivity contribution in [2.75, 3.05) is 0 Å². The van der Waals surface area contributed by atoms with Crippen molar-refractivity contribution in [1.82, 2.24) is 4.98 Å². The van der Waals surface area contributed by atoms with E-state index in [-0.39, 0.29) is 12.4 Å². The number of nitrogens with zero attached hydrogens (tertiary/aromatic N) is 1. The molecular formula is C27H18FNO2. The minimum absolute atomic E-state index is 0.169. The summed E-state index contributed by atoms with van der Waals surface area (Å²) >= 11 is 0. The third kappa shape index (κ3) is 3.76. The quantitative estimate of drug-likeness (QED) is 0.317. The van der Waals surface area contributed by atoms with Crippen LogP contribution < -0.4 is 0 Å². The Hall–Kier alpha value is -4.05. The molecule has 0 aliphatic carbocycles. The number of rotatable bonds is 4. The number of carbonyl (C=O) groups is 1. The van der Waals surface area contributed by atoms with E-state index in [1.807, 2.05) is 66.7 Å². The third-order valence-electron chi connectivity index (χ3n) is 5.31. The Morgan fingerprint density at radius 3 is 2.35 bits per heavy atom. The van der Waals surface area contributed by atoms with Crippen LogP contribution in [0.15, 0.2) is 97.1 Å². The van der Waals surface area contributed by atoms with Crippen LogP contribution in [-0.4, -0.2) is 11.0 Å². The number of para-hydroxylation sites is 1. The molecule has 0 aliphatic heterocycles. The van der Waals surface area contributed by atoms with Crippen LogP contribution in [0, 0.1) is 5.82 Å². The summed E-state index contributed by atoms with van der Waals surface area (Å²) in [5, 5.41) is 2.88. The fourth-order valence-corrected chi connectivity index (χ4v) is 3.75. The van der Waals surface area contributed by atoms with E-state index in [0.29, 0.717) is 16.8 Å². The van der Waals surface area contributed by atoms with Gasteiger partial charge in [-0.2, -0.15) is 0 Å². The van der Waals surface area contributed by atoms with Gasteiger partial charge in [0, 0.05) is 10.9 Å². The van der Waals surface area contributed by atoms with E-state index in [1.165, 1.54) is 12.1 Å². The van der Waals surface area contributed by atoms with Crippen molar-refractivity contribution in [2.45, 2.75) is 6.61 Å². The first kappa shape index (κ1) is 18.9. The molecule has 5 rings (SSSR count). The van der Waals surface area contributed by atoms with Gasteiger partial charge in [0.05, 0.1) is 16.8 Å². The number of hydrogen-bond donors (Lipinski definition) is 0. The zero-order valence-corrected chi connectivity index (χ0v) is 16.6. The summed E-state index contributed by atoms with van der Waals surface area (Å²) in [6.07, 6.45) is 0. The highest BCUT2D eigenvalue weighted by Gasteiger charge is 2.16. The van der Waals surface area contributed by atoms with Gasteiger partial charge in [0.15, 0.2) is 0 Å². The topological polar surface area (TPSA) is 39.2 Å². The van der Waals surface area contributed by atoms with Crippen molar-refractivity contribution in [3.05, 3.63) is 114 Å². The SMILES string of the molecule is O=C(OCc1cccc2ccccc12)c1cc(-c2ccc(F)cc2)nc2ccccc12. The van der Waals surface area contributed by atoms with Crippen LogP contribution in [0.3, 0.4) is 0 Å². The summed E-state index contributed by atoms with van der Waals surface area (Å²) in [6, 6.07) is 29.2. The summed E-state index contributed by atoms with van der Waals surface area (Å²) in [6.45, 7) is 0.169. The second-order valence-corrected chi connectivity index (χ2v) is 7.29. The Kier molecular flexibility index (Phi) is 4.89. The Morgan fingerprint density at radius 1 is 0.806 bits per heavy atom. The van der Waals surface area contributed by atoms with Crippen molar-refractivity contribution in [3.8, 4) is 11.3 Å². The first-order valence-electron chi connectivity index (χ1n) is 9.98. The summed E-state index contributed by atoms with van der Waals surface area (Å²) in [5.74, 6) is -0.742. The zero-order valence-electron chi connectivity index (χ0n) is 16.6. The number of esters is 1. The highest BCUT2D eigenvalue weighted by Crippen LogP contribution is 2.26. The van der Waals surface area contributed by atoms with Gasteiger partial charge in [-0.3, -0.25) is 0 Å². The predicted octanol–water partition coefficient (Wildman–Crippen LogP) is 6.55. The number of ether oxygens (including phenoxy) is 1. The van der Waals surface area contributed by atoms with Crippen LogP contribution in [0.4, 0.5) is 4.39 Å². The Balaban J connectivity index is 1.51. The molecule has 0 saturated carbocycles. The maximum absolute atomic E-state index is 13.3. The largest absolute Gasteiger partial charge is 0.457 e. The van der Waals surface area contributed by atoms with Crippen molar-refractivity contribution < 1.29 is 13.9 Å². The Labute approximate surface area is 178 Å². The zero-order chi connectivity index (χ0) is 21.2. The minimum atomic E-state index is -0.421. The maximum atomic E-state index is 13.3. The molecule has 0 radical (unpaired) electrons. The molecule has 3 nitrogen and oxygen atoms in total. The van der Waals surface area contributed by atoms with Gasteiger partial charge in [-0.1, -0.05) is 60.7 Å². The highest BCUT2D eigenvalue weighted by molar-refractivity contribution is 6.04. The monoisotopic (exact) mass is 407 g/mol. The summed E-state index contributed by atoms with van der Waals surface area (Å²) in [5.41, 5.74) is 3.39. The fourth-order valence-electron chi connectivity index (χ4n) is 3.75. The lowest BCUT2D eigenvalue weighted by atomic mass is 10.0. The van der Waals surface area contributed by atoms with E-state index in [1.54, 1.807) is 18.2 Å². The smallest absolute Gasteiger partial charge is 0.339 e. The molecular weight excluding hydrogens is 389 g/mol. The molecule has 0 aliphatic rings. The van der Waals surface area contributed by atoms with Crippen LogP contribution in [0.2, 0.25) is 0 Å². The molecule has 4 aromatic carbocycles. The lowest BCUT2D eigenvalue weighted by Crippen LogP contribution is -2.07. The molecule has 4 heteroatoms. The number of hydrogen-bond acceptors (Lipinski definition) is 3. The van der Waals surface area contributed by atoms with Crippen molar-refractivity contribution in [3.63, 3.8) is 0 Å². The van der Waals surface area contributed by atoms with Gasteiger partial charge < -0.3 is 4.74 Å². The van der Waals surface area contributed by atoms with Crippen molar-refractivity contribution >= 4 is 27.6 Å². The first-order valence-corrected chi connectivity index (χ1v) is 9.98. The molecule has 0 N–H and O–H groups in total. The van der Waals surface area contributed by atoms with Gasteiger partial charge in [0.25, 0.3) is 0 Å². The molecule has 1 aromatic heterocycles. The van der Waals surface area contributed by atoms with Crippen LogP contribution in [0.25, 0.3) is 32.9 Å². The van der Waals surface area contributed by atoms with Crippen LogP contribution in [-0.2, 0) is 11.3 Å². The van der Waals surface area contributed by atoms with E-state index in [2.05, 4.69) is 4.98 Å².